The number of aromatic nitrogens is 2. The van der Waals surface area contributed by atoms with Crippen molar-refractivity contribution in [2.24, 2.45) is 0 Å². The third kappa shape index (κ3) is 1.40. The molecule has 0 unspecified atom stereocenters. The number of pyridine rings is 1. The van der Waals surface area contributed by atoms with Crippen molar-refractivity contribution in [1.29, 1.82) is 0 Å². The second-order valence-corrected chi connectivity index (χ2v) is 5.93. The average Bonchev–Trinajstić information content (AvgIpc) is 3.22. The normalized spacial score (nSPS) is 16.0. The zero-order chi connectivity index (χ0) is 15.7. The molecule has 0 saturated carbocycles. The SMILES string of the molecule is COn1cccc2c3c4c(c5c(c3nc1-2)CCC5)C(=O)NC4=O. The molecule has 2 amide bonds. The Hall–Kier alpha value is -2.89. The van der Waals surface area contributed by atoms with Crippen molar-refractivity contribution in [2.45, 2.75) is 19.3 Å². The van der Waals surface area contributed by atoms with E-state index in [1.165, 1.54) is 0 Å². The molecule has 1 aromatic rings. The summed E-state index contributed by atoms with van der Waals surface area (Å²) in [7, 11) is 1.57. The molecular weight excluding hydrogens is 294 g/mol. The van der Waals surface area contributed by atoms with Crippen LogP contribution in [-0.4, -0.2) is 28.6 Å². The first kappa shape index (κ1) is 12.6. The number of rotatable bonds is 1. The summed E-state index contributed by atoms with van der Waals surface area (Å²) in [4.78, 5) is 34.7. The molecule has 1 aliphatic carbocycles. The van der Waals surface area contributed by atoms with Crippen LogP contribution in [0.2, 0.25) is 0 Å². The standard InChI is InChI=1S/C17H13N3O3/c1-23-20-7-3-6-10-11-13-12(16(21)19-17(13)22)8-4-2-5-9(8)14(11)18-15(10)20/h3,6-7H,2,4-5H2,1H3,(H,19,21,22). The summed E-state index contributed by atoms with van der Waals surface area (Å²) in [5.74, 6) is 0.0569. The molecule has 0 fully saturated rings. The van der Waals surface area contributed by atoms with Crippen molar-refractivity contribution >= 4 is 22.7 Å². The molecule has 3 heterocycles. The third-order valence-corrected chi connectivity index (χ3v) is 4.84. The second kappa shape index (κ2) is 4.10. The molecule has 1 N–H and O–H groups in total. The summed E-state index contributed by atoms with van der Waals surface area (Å²) >= 11 is 0. The van der Waals surface area contributed by atoms with Crippen LogP contribution in [-0.2, 0) is 12.8 Å². The summed E-state index contributed by atoms with van der Waals surface area (Å²) in [5, 5.41) is 3.21. The predicted molar refractivity (Wildman–Crippen MR) is 82.7 cm³/mol. The van der Waals surface area contributed by atoms with E-state index in [-0.39, 0.29) is 11.8 Å². The fraction of sp³-hybridized carbons (Fsp3) is 0.235. The van der Waals surface area contributed by atoms with Crippen LogP contribution >= 0.6 is 0 Å². The Morgan fingerprint density at radius 3 is 2.78 bits per heavy atom. The first-order chi connectivity index (χ1) is 11.2. The first-order valence-corrected chi connectivity index (χ1v) is 7.59. The highest BCUT2D eigenvalue weighted by molar-refractivity contribution is 6.29. The number of nitrogens with one attached hydrogen (secondary N) is 1. The van der Waals surface area contributed by atoms with Gasteiger partial charge in [0.2, 0.25) is 0 Å². The average molecular weight is 307 g/mol. The van der Waals surface area contributed by atoms with Gasteiger partial charge in [0, 0.05) is 17.1 Å². The summed E-state index contributed by atoms with van der Waals surface area (Å²) in [6, 6.07) is 3.76. The van der Waals surface area contributed by atoms with Crippen molar-refractivity contribution in [3.8, 4) is 11.4 Å². The molecule has 3 aliphatic heterocycles. The van der Waals surface area contributed by atoms with Crippen LogP contribution in [0.3, 0.4) is 0 Å². The highest BCUT2D eigenvalue weighted by atomic mass is 16.6. The Morgan fingerprint density at radius 1 is 1.17 bits per heavy atom. The number of aryl methyl sites for hydroxylation is 1. The maximum Gasteiger partial charge on any atom is 0.259 e. The van der Waals surface area contributed by atoms with Gasteiger partial charge in [0.1, 0.15) is 7.11 Å². The number of nitrogens with zero attached hydrogens (tertiary/aromatic N) is 2. The van der Waals surface area contributed by atoms with E-state index in [9.17, 15) is 9.59 Å². The van der Waals surface area contributed by atoms with Crippen molar-refractivity contribution in [2.75, 3.05) is 7.11 Å². The molecule has 23 heavy (non-hydrogen) atoms. The Bertz CT molecular complexity index is 1000. The van der Waals surface area contributed by atoms with Crippen molar-refractivity contribution in [1.82, 2.24) is 15.0 Å². The topological polar surface area (TPSA) is 73.2 Å². The van der Waals surface area contributed by atoms with Gasteiger partial charge in [-0.25, -0.2) is 4.98 Å². The molecule has 1 aromatic carbocycles. The van der Waals surface area contributed by atoms with Gasteiger partial charge in [-0.3, -0.25) is 14.9 Å². The van der Waals surface area contributed by atoms with E-state index >= 15 is 0 Å². The highest BCUT2D eigenvalue weighted by Gasteiger charge is 2.38. The second-order valence-electron chi connectivity index (χ2n) is 5.93. The van der Waals surface area contributed by atoms with Gasteiger partial charge < -0.3 is 4.84 Å². The highest BCUT2D eigenvalue weighted by Crippen LogP contribution is 2.43. The van der Waals surface area contributed by atoms with Gasteiger partial charge in [0.25, 0.3) is 11.8 Å². The Balaban J connectivity index is 2.03. The van der Waals surface area contributed by atoms with Crippen molar-refractivity contribution in [3.05, 3.63) is 40.6 Å². The lowest BCUT2D eigenvalue weighted by Gasteiger charge is -2.09. The number of imide groups is 1. The molecular formula is C17H13N3O3. The van der Waals surface area contributed by atoms with Crippen LogP contribution in [0.5, 0.6) is 0 Å². The molecule has 0 atom stereocenters. The molecule has 0 bridgehead atoms. The maximum absolute atomic E-state index is 12.4. The van der Waals surface area contributed by atoms with E-state index in [4.69, 9.17) is 9.82 Å². The Labute approximate surface area is 131 Å². The van der Waals surface area contributed by atoms with Crippen LogP contribution in [0.4, 0.5) is 0 Å². The first-order valence-electron chi connectivity index (χ1n) is 7.59. The van der Waals surface area contributed by atoms with E-state index in [0.29, 0.717) is 17.0 Å². The van der Waals surface area contributed by atoms with Gasteiger partial charge in [-0.2, -0.15) is 4.73 Å². The van der Waals surface area contributed by atoms with E-state index in [0.717, 1.165) is 46.9 Å². The lowest BCUT2D eigenvalue weighted by atomic mass is 9.93. The molecule has 0 aromatic heterocycles. The van der Waals surface area contributed by atoms with E-state index in [2.05, 4.69) is 5.32 Å². The van der Waals surface area contributed by atoms with Crippen LogP contribution < -0.4 is 10.2 Å². The molecule has 4 aliphatic rings. The van der Waals surface area contributed by atoms with Crippen LogP contribution in [0.1, 0.15) is 38.3 Å². The van der Waals surface area contributed by atoms with Crippen LogP contribution in [0.25, 0.3) is 22.3 Å². The third-order valence-electron chi connectivity index (χ3n) is 4.84. The zero-order valence-corrected chi connectivity index (χ0v) is 12.5. The number of fused-ring (bicyclic) bond motifs is 8. The monoisotopic (exact) mass is 307 g/mol. The van der Waals surface area contributed by atoms with Crippen LogP contribution in [0.15, 0.2) is 18.3 Å². The molecule has 0 spiro atoms. The Kier molecular flexibility index (Phi) is 2.25. The van der Waals surface area contributed by atoms with Gasteiger partial charge in [0.05, 0.1) is 16.6 Å². The van der Waals surface area contributed by atoms with Crippen LogP contribution in [0, 0.1) is 0 Å². The molecule has 114 valence electrons. The largest absolute Gasteiger partial charge is 0.416 e. The number of carbonyl (C=O) groups is 2. The van der Waals surface area contributed by atoms with Gasteiger partial charge >= 0.3 is 0 Å². The summed E-state index contributed by atoms with van der Waals surface area (Å²) in [6.07, 6.45) is 4.47. The minimum absolute atomic E-state index is 0.282. The van der Waals surface area contributed by atoms with E-state index < -0.39 is 0 Å². The summed E-state index contributed by atoms with van der Waals surface area (Å²) in [6.45, 7) is 0. The molecule has 5 rings (SSSR count). The number of carbonyl (C=O) groups excluding carboxylic acids is 2. The minimum atomic E-state index is -0.327. The van der Waals surface area contributed by atoms with Crippen molar-refractivity contribution in [3.63, 3.8) is 0 Å². The van der Waals surface area contributed by atoms with Crippen molar-refractivity contribution < 1.29 is 14.4 Å². The van der Waals surface area contributed by atoms with E-state index in [1.807, 2.05) is 12.1 Å². The lowest BCUT2D eigenvalue weighted by Crippen LogP contribution is -2.20. The molecule has 0 saturated heterocycles. The molecule has 0 radical (unpaired) electrons. The van der Waals surface area contributed by atoms with Gasteiger partial charge in [-0.05, 0) is 42.5 Å². The quantitative estimate of drug-likeness (QED) is 0.693. The fourth-order valence-electron chi connectivity index (χ4n) is 3.96. The Morgan fingerprint density at radius 2 is 1.96 bits per heavy atom. The number of hydrogen-bond acceptors (Lipinski definition) is 4. The fourth-order valence-corrected chi connectivity index (χ4v) is 3.96. The van der Waals surface area contributed by atoms with Gasteiger partial charge in [-0.15, -0.1) is 0 Å². The number of hydrogen-bond donors (Lipinski definition) is 1. The molecule has 6 heteroatoms. The number of benzene rings is 1. The van der Waals surface area contributed by atoms with E-state index in [1.54, 1.807) is 18.0 Å². The lowest BCUT2D eigenvalue weighted by molar-refractivity contribution is 0.0880. The maximum atomic E-state index is 12.4. The predicted octanol–water partition coefficient (Wildman–Crippen LogP) is 1.57. The minimum Gasteiger partial charge on any atom is -0.416 e. The zero-order valence-electron chi connectivity index (χ0n) is 12.5. The smallest absolute Gasteiger partial charge is 0.259 e. The number of amides is 2. The van der Waals surface area contributed by atoms with Gasteiger partial charge in [0.15, 0.2) is 5.82 Å². The summed E-state index contributed by atoms with van der Waals surface area (Å²) in [5.41, 5.74) is 4.78. The summed E-state index contributed by atoms with van der Waals surface area (Å²) < 4.78 is 1.58. The molecule has 6 nitrogen and oxygen atoms in total. The van der Waals surface area contributed by atoms with Gasteiger partial charge in [-0.1, -0.05) is 0 Å².